The highest BCUT2D eigenvalue weighted by molar-refractivity contribution is 5.86. The summed E-state index contributed by atoms with van der Waals surface area (Å²) in [6.07, 6.45) is 1.47. The number of hydrogen-bond acceptors (Lipinski definition) is 4. The van der Waals surface area contributed by atoms with Gasteiger partial charge in [0.05, 0.1) is 5.69 Å². The highest BCUT2D eigenvalue weighted by Crippen LogP contribution is 2.14. The Kier molecular flexibility index (Phi) is 7.06. The maximum atomic E-state index is 12.0. The van der Waals surface area contributed by atoms with E-state index in [1.54, 1.807) is 6.92 Å². The molecule has 3 amide bonds. The molecule has 0 fully saturated rings. The van der Waals surface area contributed by atoms with Gasteiger partial charge in [-0.2, -0.15) is 0 Å². The van der Waals surface area contributed by atoms with Crippen LogP contribution in [-0.2, 0) is 11.2 Å². The lowest BCUT2D eigenvalue weighted by atomic mass is 10.1. The Morgan fingerprint density at radius 3 is 2.26 bits per heavy atom. The summed E-state index contributed by atoms with van der Waals surface area (Å²) < 4.78 is 5.11. The number of nitrogens with one attached hydrogen (secondary N) is 3. The van der Waals surface area contributed by atoms with Gasteiger partial charge in [0, 0.05) is 17.6 Å². The van der Waals surface area contributed by atoms with E-state index < -0.39 is 6.04 Å². The van der Waals surface area contributed by atoms with E-state index in [9.17, 15) is 9.59 Å². The van der Waals surface area contributed by atoms with Crippen LogP contribution in [0.5, 0.6) is 0 Å². The van der Waals surface area contributed by atoms with Crippen LogP contribution in [0.3, 0.4) is 0 Å². The maximum absolute atomic E-state index is 12.0. The SMILES string of the molecule is CCC(C)NC(=O)C(C)NC(=O)NC(C)Cc1c(C)noc1C. The molecule has 1 aromatic heterocycles. The van der Waals surface area contributed by atoms with Crippen LogP contribution in [0.4, 0.5) is 4.79 Å². The molecule has 3 atom stereocenters. The van der Waals surface area contributed by atoms with Gasteiger partial charge in [0.25, 0.3) is 0 Å². The van der Waals surface area contributed by atoms with Crippen molar-refractivity contribution in [1.29, 1.82) is 0 Å². The van der Waals surface area contributed by atoms with E-state index in [-0.39, 0.29) is 24.0 Å². The summed E-state index contributed by atoms with van der Waals surface area (Å²) in [7, 11) is 0. The predicted molar refractivity (Wildman–Crippen MR) is 88.2 cm³/mol. The number of carbonyl (C=O) groups excluding carboxylic acids is 2. The van der Waals surface area contributed by atoms with Gasteiger partial charge in [-0.15, -0.1) is 0 Å². The second kappa shape index (κ2) is 8.55. The van der Waals surface area contributed by atoms with Crippen LogP contribution in [0, 0.1) is 13.8 Å². The quantitative estimate of drug-likeness (QED) is 0.713. The van der Waals surface area contributed by atoms with E-state index in [1.165, 1.54) is 0 Å². The number of hydrogen-bond donors (Lipinski definition) is 3. The van der Waals surface area contributed by atoms with E-state index in [0.29, 0.717) is 6.42 Å². The molecular weight excluding hydrogens is 296 g/mol. The summed E-state index contributed by atoms with van der Waals surface area (Å²) in [5.41, 5.74) is 1.83. The molecule has 1 rings (SSSR count). The molecule has 0 aliphatic heterocycles. The number of rotatable bonds is 7. The normalized spacial score (nSPS) is 14.7. The van der Waals surface area contributed by atoms with Gasteiger partial charge in [-0.25, -0.2) is 4.79 Å². The molecule has 3 unspecified atom stereocenters. The molecule has 1 aromatic rings. The van der Waals surface area contributed by atoms with Crippen molar-refractivity contribution >= 4 is 11.9 Å². The van der Waals surface area contributed by atoms with Crippen LogP contribution in [0.25, 0.3) is 0 Å². The molecule has 3 N–H and O–H groups in total. The molecule has 0 aliphatic carbocycles. The summed E-state index contributed by atoms with van der Waals surface area (Å²) in [4.78, 5) is 23.9. The fourth-order valence-corrected chi connectivity index (χ4v) is 2.15. The highest BCUT2D eigenvalue weighted by Gasteiger charge is 2.19. The lowest BCUT2D eigenvalue weighted by molar-refractivity contribution is -0.123. The molecule has 7 heteroatoms. The van der Waals surface area contributed by atoms with Crippen molar-refractivity contribution in [2.24, 2.45) is 0 Å². The van der Waals surface area contributed by atoms with Crippen LogP contribution in [0.15, 0.2) is 4.52 Å². The minimum absolute atomic E-state index is 0.0910. The van der Waals surface area contributed by atoms with Crippen LogP contribution in [0.1, 0.15) is 51.1 Å². The first kappa shape index (κ1) is 19.0. The first-order valence-corrected chi connectivity index (χ1v) is 8.03. The molecule has 0 bridgehead atoms. The molecule has 23 heavy (non-hydrogen) atoms. The maximum Gasteiger partial charge on any atom is 0.315 e. The molecule has 0 saturated heterocycles. The van der Waals surface area contributed by atoms with Gasteiger partial charge in [0.1, 0.15) is 11.8 Å². The largest absolute Gasteiger partial charge is 0.361 e. The molecule has 1 heterocycles. The average Bonchev–Trinajstić information content (AvgIpc) is 2.78. The predicted octanol–water partition coefficient (Wildman–Crippen LogP) is 1.82. The minimum atomic E-state index is -0.588. The summed E-state index contributed by atoms with van der Waals surface area (Å²) in [6, 6.07) is -0.962. The van der Waals surface area contributed by atoms with Gasteiger partial charge in [-0.3, -0.25) is 4.79 Å². The fourth-order valence-electron chi connectivity index (χ4n) is 2.15. The Labute approximate surface area is 137 Å². The van der Waals surface area contributed by atoms with Crippen molar-refractivity contribution in [1.82, 2.24) is 21.1 Å². The highest BCUT2D eigenvalue weighted by atomic mass is 16.5. The molecule has 0 spiro atoms. The van der Waals surface area contributed by atoms with E-state index in [2.05, 4.69) is 21.1 Å². The topological polar surface area (TPSA) is 96.3 Å². The number of amides is 3. The zero-order chi connectivity index (χ0) is 17.6. The number of carbonyl (C=O) groups is 2. The molecule has 7 nitrogen and oxygen atoms in total. The van der Waals surface area contributed by atoms with Gasteiger partial charge in [-0.05, 0) is 47.5 Å². The molecule has 0 aromatic carbocycles. The Hall–Kier alpha value is -2.05. The first-order chi connectivity index (χ1) is 10.7. The number of nitrogens with zero attached hydrogens (tertiary/aromatic N) is 1. The average molecular weight is 324 g/mol. The van der Waals surface area contributed by atoms with Gasteiger partial charge in [-0.1, -0.05) is 12.1 Å². The van der Waals surface area contributed by atoms with Gasteiger partial charge in [0.2, 0.25) is 5.91 Å². The fraction of sp³-hybridized carbons (Fsp3) is 0.688. The third kappa shape index (κ3) is 5.92. The molecule has 0 aliphatic rings. The van der Waals surface area contributed by atoms with Crippen LogP contribution >= 0.6 is 0 Å². The lowest BCUT2D eigenvalue weighted by Gasteiger charge is -2.19. The van der Waals surface area contributed by atoms with Crippen molar-refractivity contribution in [2.45, 2.75) is 72.5 Å². The Bertz CT molecular complexity index is 522. The van der Waals surface area contributed by atoms with Crippen LogP contribution in [0.2, 0.25) is 0 Å². The van der Waals surface area contributed by atoms with Gasteiger partial charge < -0.3 is 20.5 Å². The second-order valence-corrected chi connectivity index (χ2v) is 6.07. The minimum Gasteiger partial charge on any atom is -0.361 e. The van der Waals surface area contributed by atoms with Crippen molar-refractivity contribution in [3.8, 4) is 0 Å². The number of aryl methyl sites for hydroxylation is 2. The van der Waals surface area contributed by atoms with E-state index in [4.69, 9.17) is 4.52 Å². The van der Waals surface area contributed by atoms with Crippen molar-refractivity contribution in [3.63, 3.8) is 0 Å². The van der Waals surface area contributed by atoms with Crippen LogP contribution in [-0.4, -0.2) is 35.2 Å². The summed E-state index contributed by atoms with van der Waals surface area (Å²) >= 11 is 0. The first-order valence-electron chi connectivity index (χ1n) is 8.03. The molecule has 0 saturated carbocycles. The third-order valence-corrected chi connectivity index (χ3v) is 3.81. The van der Waals surface area contributed by atoms with E-state index in [0.717, 1.165) is 23.4 Å². The van der Waals surface area contributed by atoms with E-state index in [1.807, 2.05) is 34.6 Å². The molecular formula is C16H28N4O3. The standard InChI is InChI=1S/C16H28N4O3/c1-7-9(2)17-15(21)12(5)19-16(22)18-10(3)8-14-11(4)20-23-13(14)6/h9-10,12H,7-8H2,1-6H3,(H,17,21)(H2,18,19,22). The third-order valence-electron chi connectivity index (χ3n) is 3.81. The zero-order valence-corrected chi connectivity index (χ0v) is 14.8. The second-order valence-electron chi connectivity index (χ2n) is 6.07. The Balaban J connectivity index is 2.45. The van der Waals surface area contributed by atoms with Crippen LogP contribution < -0.4 is 16.0 Å². The summed E-state index contributed by atoms with van der Waals surface area (Å²) in [5, 5.41) is 12.2. The Morgan fingerprint density at radius 1 is 1.09 bits per heavy atom. The summed E-state index contributed by atoms with van der Waals surface area (Å²) in [6.45, 7) is 11.2. The number of aromatic nitrogens is 1. The lowest BCUT2D eigenvalue weighted by Crippen LogP contribution is -2.51. The van der Waals surface area contributed by atoms with Gasteiger partial charge in [0.15, 0.2) is 0 Å². The zero-order valence-electron chi connectivity index (χ0n) is 14.8. The van der Waals surface area contributed by atoms with Crippen molar-refractivity contribution in [3.05, 3.63) is 17.0 Å². The monoisotopic (exact) mass is 324 g/mol. The van der Waals surface area contributed by atoms with Crippen molar-refractivity contribution < 1.29 is 14.1 Å². The smallest absolute Gasteiger partial charge is 0.315 e. The van der Waals surface area contributed by atoms with E-state index >= 15 is 0 Å². The van der Waals surface area contributed by atoms with Crippen molar-refractivity contribution in [2.75, 3.05) is 0 Å². The summed E-state index contributed by atoms with van der Waals surface area (Å²) in [5.74, 6) is 0.575. The molecule has 0 radical (unpaired) electrons. The Morgan fingerprint density at radius 2 is 1.74 bits per heavy atom. The number of urea groups is 1. The van der Waals surface area contributed by atoms with Gasteiger partial charge >= 0.3 is 6.03 Å². The molecule has 130 valence electrons.